The number of ether oxygens (including phenoxy) is 2. The van der Waals surface area contributed by atoms with E-state index in [1.165, 1.54) is 19.1 Å². The van der Waals surface area contributed by atoms with Crippen molar-refractivity contribution in [3.8, 4) is 22.6 Å². The normalized spacial score (nSPS) is 9.52. The highest BCUT2D eigenvalue weighted by molar-refractivity contribution is 5.88. The Morgan fingerprint density at radius 3 is 2.16 bits per heavy atom. The van der Waals surface area contributed by atoms with Crippen molar-refractivity contribution >= 4 is 11.9 Å². The molecule has 0 saturated carbocycles. The van der Waals surface area contributed by atoms with Crippen molar-refractivity contribution in [2.24, 2.45) is 0 Å². The van der Waals surface area contributed by atoms with Crippen molar-refractivity contribution in [2.45, 2.75) is 14.4 Å². The van der Waals surface area contributed by atoms with Crippen LogP contribution in [0.4, 0.5) is 4.39 Å². The van der Waals surface area contributed by atoms with E-state index in [4.69, 9.17) is 9.47 Å². The fourth-order valence-corrected chi connectivity index (χ4v) is 1.82. The Bertz CT molecular complexity index is 807. The van der Waals surface area contributed by atoms with Crippen LogP contribution in [0.15, 0.2) is 67.3 Å². The smallest absolute Gasteiger partial charge is 0.338 e. The van der Waals surface area contributed by atoms with Gasteiger partial charge in [0.25, 0.3) is 0 Å². The number of carbonyl (C=O) groups excluding carboxylic acids is 2. The third kappa shape index (κ3) is 5.14. The zero-order valence-electron chi connectivity index (χ0n) is 13.0. The molecule has 2 aromatic rings. The van der Waals surface area contributed by atoms with Gasteiger partial charge in [-0.05, 0) is 42.3 Å². The van der Waals surface area contributed by atoms with E-state index in [-0.39, 0.29) is 18.7 Å². The third-order valence-electron chi connectivity index (χ3n) is 3.06. The number of hydrogen-bond donors (Lipinski definition) is 0. The van der Waals surface area contributed by atoms with Gasteiger partial charge in [0.05, 0.1) is 0 Å². The summed E-state index contributed by atoms with van der Waals surface area (Å²) in [6.07, 6.45) is 1.06. The molecular formula is C20H19FO4. The maximum atomic E-state index is 14.1. The molecule has 5 heteroatoms. The lowest BCUT2D eigenvalue weighted by molar-refractivity contribution is -0.130. The van der Waals surface area contributed by atoms with Crippen LogP contribution in [0.2, 0.25) is 0 Å². The number of halogens is 1. The highest BCUT2D eigenvalue weighted by Gasteiger charge is 2.11. The predicted molar refractivity (Wildman–Crippen MR) is 94.8 cm³/mol. The summed E-state index contributed by atoms with van der Waals surface area (Å²) in [5.41, 5.74) is 1.48. The first-order valence-electron chi connectivity index (χ1n) is 7.02. The Morgan fingerprint density at radius 2 is 1.64 bits per heavy atom. The molecule has 0 fully saturated rings. The Kier molecular flexibility index (Phi) is 6.81. The Hall–Kier alpha value is -3.21. The quantitative estimate of drug-likeness (QED) is 0.449. The van der Waals surface area contributed by atoms with Gasteiger partial charge in [-0.1, -0.05) is 38.8 Å². The zero-order valence-corrected chi connectivity index (χ0v) is 13.0. The second-order valence-electron chi connectivity index (χ2n) is 4.96. The Morgan fingerprint density at radius 1 is 1.04 bits per heavy atom. The fourth-order valence-electron chi connectivity index (χ4n) is 1.82. The van der Waals surface area contributed by atoms with Gasteiger partial charge in [-0.25, -0.2) is 14.0 Å². The van der Waals surface area contributed by atoms with E-state index in [0.717, 1.165) is 6.08 Å². The molecule has 0 aliphatic rings. The van der Waals surface area contributed by atoms with Crippen LogP contribution in [0.3, 0.4) is 0 Å². The maximum Gasteiger partial charge on any atom is 0.338 e. The molecular weight excluding hydrogens is 323 g/mol. The summed E-state index contributed by atoms with van der Waals surface area (Å²) >= 11 is 0. The molecule has 130 valence electrons. The van der Waals surface area contributed by atoms with Crippen molar-refractivity contribution in [3.63, 3.8) is 0 Å². The van der Waals surface area contributed by atoms with Gasteiger partial charge in [0.2, 0.25) is 0 Å². The van der Waals surface area contributed by atoms with Crippen LogP contribution in [0.5, 0.6) is 11.5 Å². The van der Waals surface area contributed by atoms with E-state index in [1.54, 1.807) is 30.3 Å². The lowest BCUT2D eigenvalue weighted by Crippen LogP contribution is -2.09. The molecule has 0 radical (unpaired) electrons. The monoisotopic (exact) mass is 342 g/mol. The van der Waals surface area contributed by atoms with Crippen molar-refractivity contribution in [2.75, 3.05) is 0 Å². The largest absolute Gasteiger partial charge is 0.423 e. The highest BCUT2D eigenvalue weighted by Crippen LogP contribution is 2.27. The molecule has 2 rings (SSSR count). The Labute approximate surface area is 146 Å². The van der Waals surface area contributed by atoms with Gasteiger partial charge in [-0.2, -0.15) is 0 Å². The number of hydrogen-bond acceptors (Lipinski definition) is 4. The number of esters is 2. The second-order valence-corrected chi connectivity index (χ2v) is 4.96. The van der Waals surface area contributed by atoms with Crippen molar-refractivity contribution in [1.29, 1.82) is 0 Å². The van der Waals surface area contributed by atoms with Crippen LogP contribution in [0.1, 0.15) is 14.4 Å². The zero-order chi connectivity index (χ0) is 17.7. The highest BCUT2D eigenvalue weighted by atomic mass is 19.1. The van der Waals surface area contributed by atoms with Crippen LogP contribution < -0.4 is 9.47 Å². The summed E-state index contributed by atoms with van der Waals surface area (Å²) in [6.45, 7) is 8.24. The average Bonchev–Trinajstić information content (AvgIpc) is 2.57. The minimum atomic E-state index is -0.685. The molecule has 0 unspecified atom stereocenters. The number of rotatable bonds is 5. The van der Waals surface area contributed by atoms with E-state index in [9.17, 15) is 14.0 Å². The van der Waals surface area contributed by atoms with Crippen LogP contribution in [-0.2, 0) is 9.59 Å². The van der Waals surface area contributed by atoms with E-state index in [2.05, 4.69) is 13.2 Å². The number of benzene rings is 2. The molecule has 0 aliphatic heterocycles. The molecule has 0 N–H and O–H groups in total. The minimum Gasteiger partial charge on any atom is -0.423 e. The maximum absolute atomic E-state index is 14.1. The van der Waals surface area contributed by atoms with Crippen molar-refractivity contribution < 1.29 is 23.5 Å². The molecule has 0 amide bonds. The van der Waals surface area contributed by atoms with Crippen LogP contribution in [0, 0.1) is 5.82 Å². The molecule has 0 aliphatic carbocycles. The first-order chi connectivity index (χ1) is 11.4. The van der Waals surface area contributed by atoms with Crippen LogP contribution in [-0.4, -0.2) is 11.9 Å². The molecule has 0 spiro atoms. The Balaban J connectivity index is 0.00000312. The lowest BCUT2D eigenvalue weighted by atomic mass is 10.1. The first-order valence-corrected chi connectivity index (χ1v) is 7.02. The van der Waals surface area contributed by atoms with E-state index >= 15 is 0 Å². The van der Waals surface area contributed by atoms with Crippen LogP contribution in [0.25, 0.3) is 11.1 Å². The standard InChI is InChI=1S/C19H15FO4.CH4/c1-4-18(21)23-15-8-5-13(6-9-15)14-7-10-17(16(20)11-14)24-19(22)12(2)3;/h4-11H,1-2H2,3H3;1H4. The molecule has 25 heavy (non-hydrogen) atoms. The van der Waals surface area contributed by atoms with Gasteiger partial charge in [-0.15, -0.1) is 0 Å². The molecule has 4 nitrogen and oxygen atoms in total. The molecule has 0 saturated heterocycles. The molecule has 0 aromatic heterocycles. The minimum absolute atomic E-state index is 0. The topological polar surface area (TPSA) is 52.6 Å². The average molecular weight is 342 g/mol. The van der Waals surface area contributed by atoms with Gasteiger partial charge in [-0.3, -0.25) is 0 Å². The summed E-state index contributed by atoms with van der Waals surface area (Å²) in [5, 5.41) is 0. The van der Waals surface area contributed by atoms with Gasteiger partial charge >= 0.3 is 11.9 Å². The van der Waals surface area contributed by atoms with Gasteiger partial charge in [0.15, 0.2) is 11.6 Å². The predicted octanol–water partition coefficient (Wildman–Crippen LogP) is 4.70. The first kappa shape index (κ1) is 19.8. The molecule has 2 aromatic carbocycles. The molecule has 0 heterocycles. The van der Waals surface area contributed by atoms with Crippen molar-refractivity contribution in [3.05, 3.63) is 73.1 Å². The lowest BCUT2D eigenvalue weighted by Gasteiger charge is -2.08. The van der Waals surface area contributed by atoms with Gasteiger partial charge < -0.3 is 9.47 Å². The van der Waals surface area contributed by atoms with E-state index < -0.39 is 17.8 Å². The summed E-state index contributed by atoms with van der Waals surface area (Å²) in [6, 6.07) is 10.8. The van der Waals surface area contributed by atoms with Gasteiger partial charge in [0, 0.05) is 11.6 Å². The van der Waals surface area contributed by atoms with Crippen molar-refractivity contribution in [1.82, 2.24) is 0 Å². The van der Waals surface area contributed by atoms with Gasteiger partial charge in [0.1, 0.15) is 5.75 Å². The van der Waals surface area contributed by atoms with E-state index in [1.807, 2.05) is 0 Å². The molecule has 0 bridgehead atoms. The second kappa shape index (κ2) is 8.59. The summed E-state index contributed by atoms with van der Waals surface area (Å²) in [4.78, 5) is 22.5. The molecule has 0 atom stereocenters. The van der Waals surface area contributed by atoms with E-state index in [0.29, 0.717) is 16.9 Å². The SMILES string of the molecule is C.C=CC(=O)Oc1ccc(-c2ccc(OC(=O)C(=C)C)c(F)c2)cc1. The third-order valence-corrected chi connectivity index (χ3v) is 3.06. The summed E-state index contributed by atoms with van der Waals surface area (Å²) in [5.74, 6) is -1.71. The number of carbonyl (C=O) groups is 2. The summed E-state index contributed by atoms with van der Waals surface area (Å²) in [7, 11) is 0. The fraction of sp³-hybridized carbons (Fsp3) is 0.100. The van der Waals surface area contributed by atoms with Crippen LogP contribution >= 0.6 is 0 Å². The summed E-state index contributed by atoms with van der Waals surface area (Å²) < 4.78 is 23.9.